The molecule has 1 aliphatic heterocycles. The monoisotopic (exact) mass is 501 g/mol. The molecule has 0 aromatic heterocycles. The van der Waals surface area contributed by atoms with Crippen LogP contribution in [0, 0.1) is 11.8 Å². The van der Waals surface area contributed by atoms with E-state index in [1.54, 1.807) is 12.1 Å². The van der Waals surface area contributed by atoms with Crippen LogP contribution in [-0.4, -0.2) is 35.7 Å². The maximum atomic E-state index is 13.3. The Kier molecular flexibility index (Phi) is 9.01. The molecule has 0 spiro atoms. The van der Waals surface area contributed by atoms with Gasteiger partial charge in [-0.25, -0.2) is 0 Å². The molecule has 36 heavy (non-hydrogen) atoms. The van der Waals surface area contributed by atoms with Crippen LogP contribution in [0.3, 0.4) is 0 Å². The van der Waals surface area contributed by atoms with E-state index in [0.29, 0.717) is 18.6 Å². The van der Waals surface area contributed by atoms with Crippen molar-refractivity contribution in [2.24, 2.45) is 22.6 Å². The molecule has 2 aromatic carbocycles. The Morgan fingerprint density at radius 2 is 1.72 bits per heavy atom. The number of nitrogens with one attached hydrogen (secondary N) is 1. The fraction of sp³-hybridized carbons (Fsp3) is 0.407. The first-order valence-electron chi connectivity index (χ1n) is 12.0. The molecule has 2 aromatic rings. The van der Waals surface area contributed by atoms with Crippen molar-refractivity contribution in [3.63, 3.8) is 0 Å². The molecule has 1 aliphatic rings. The summed E-state index contributed by atoms with van der Waals surface area (Å²) in [6.07, 6.45) is -6.29. The van der Waals surface area contributed by atoms with Crippen LogP contribution >= 0.6 is 0 Å². The topological polar surface area (TPSA) is 102 Å². The molecule has 6 nitrogen and oxygen atoms in total. The number of primary amides is 1. The van der Waals surface area contributed by atoms with Crippen LogP contribution < -0.4 is 11.1 Å². The number of alkyl halides is 3. The lowest BCUT2D eigenvalue weighted by Gasteiger charge is -2.26. The van der Waals surface area contributed by atoms with Gasteiger partial charge in [-0.3, -0.25) is 19.4 Å². The third-order valence-electron chi connectivity index (χ3n) is 6.32. The summed E-state index contributed by atoms with van der Waals surface area (Å²) in [7, 11) is 0. The number of carbonyl (C=O) groups is 3. The second-order valence-corrected chi connectivity index (χ2v) is 8.97. The first-order valence-corrected chi connectivity index (χ1v) is 12.0. The average molecular weight is 502 g/mol. The number of rotatable bonds is 10. The Morgan fingerprint density at radius 1 is 1.06 bits per heavy atom. The summed E-state index contributed by atoms with van der Waals surface area (Å²) in [4.78, 5) is 43.1. The fourth-order valence-electron chi connectivity index (χ4n) is 4.44. The highest BCUT2D eigenvalue weighted by atomic mass is 19.4. The minimum absolute atomic E-state index is 0.0107. The summed E-state index contributed by atoms with van der Waals surface area (Å²) in [5, 5.41) is 2.54. The average Bonchev–Trinajstić information content (AvgIpc) is 2.97. The Hall–Kier alpha value is -3.49. The lowest BCUT2D eigenvalue weighted by Crippen LogP contribution is -2.47. The summed E-state index contributed by atoms with van der Waals surface area (Å²) >= 11 is 0. The van der Waals surface area contributed by atoms with Crippen molar-refractivity contribution in [3.8, 4) is 0 Å². The maximum absolute atomic E-state index is 13.3. The molecular weight excluding hydrogens is 471 g/mol. The molecule has 0 saturated carbocycles. The van der Waals surface area contributed by atoms with Crippen LogP contribution in [0.4, 0.5) is 13.2 Å². The first-order chi connectivity index (χ1) is 17.1. The van der Waals surface area contributed by atoms with E-state index in [4.69, 9.17) is 5.73 Å². The predicted molar refractivity (Wildman–Crippen MR) is 130 cm³/mol. The van der Waals surface area contributed by atoms with Crippen molar-refractivity contribution in [1.29, 1.82) is 0 Å². The van der Waals surface area contributed by atoms with Gasteiger partial charge >= 0.3 is 6.18 Å². The molecule has 3 atom stereocenters. The normalized spacial score (nSPS) is 17.4. The van der Waals surface area contributed by atoms with Crippen LogP contribution in [0.25, 0.3) is 0 Å². The molecule has 0 fully saturated rings. The molecule has 192 valence electrons. The van der Waals surface area contributed by atoms with Crippen LogP contribution in [0.15, 0.2) is 59.6 Å². The van der Waals surface area contributed by atoms with E-state index in [1.165, 1.54) is 0 Å². The van der Waals surface area contributed by atoms with Gasteiger partial charge in [-0.05, 0) is 18.4 Å². The largest absolute Gasteiger partial charge is 0.389 e. The van der Waals surface area contributed by atoms with Crippen molar-refractivity contribution in [3.05, 3.63) is 71.3 Å². The second kappa shape index (κ2) is 12.0. The number of nitrogens with zero attached hydrogens (tertiary/aromatic N) is 1. The molecule has 0 unspecified atom stereocenters. The Bertz CT molecular complexity index is 1120. The molecule has 0 radical (unpaired) electrons. The van der Waals surface area contributed by atoms with Gasteiger partial charge in [0.05, 0.1) is 5.71 Å². The number of unbranched alkanes of at least 4 members (excludes halogenated alkanes) is 1. The van der Waals surface area contributed by atoms with Crippen molar-refractivity contribution in [1.82, 2.24) is 5.32 Å². The third kappa shape index (κ3) is 7.02. The molecule has 9 heteroatoms. The van der Waals surface area contributed by atoms with Crippen molar-refractivity contribution < 1.29 is 27.6 Å². The summed E-state index contributed by atoms with van der Waals surface area (Å²) in [5.41, 5.74) is 8.19. The molecule has 0 saturated heterocycles. The van der Waals surface area contributed by atoms with Gasteiger partial charge in [0.25, 0.3) is 0 Å². The molecule has 2 amide bonds. The van der Waals surface area contributed by atoms with E-state index in [2.05, 4.69) is 10.3 Å². The number of amides is 2. The van der Waals surface area contributed by atoms with E-state index < -0.39 is 54.6 Å². The van der Waals surface area contributed by atoms with Gasteiger partial charge in [0.15, 0.2) is 11.9 Å². The summed E-state index contributed by atoms with van der Waals surface area (Å²) < 4.78 is 39.1. The molecule has 3 N–H and O–H groups in total. The molecule has 0 aliphatic carbocycles. The number of hydrogen-bond donors (Lipinski definition) is 2. The highest BCUT2D eigenvalue weighted by Gasteiger charge is 2.38. The summed E-state index contributed by atoms with van der Waals surface area (Å²) in [6, 6.07) is 16.4. The Balaban J connectivity index is 1.96. The number of aliphatic imine (C=N–C) groups is 1. The molecule has 0 bridgehead atoms. The standard InChI is InChI=1S/C27H30F3N3O3/c1-2-3-12-20(24(31)35)21(14-15-27(28,29)30)26(36)33-25-22(34)16-18-11-7-8-13-19(18)23(32-25)17-9-5-4-6-10-17/h4-11,13,20-21,25H,2-3,12,14-16H2,1H3,(H2,31,35)(H,33,36)/t20-,21+,25+/m0/s1. The number of carbonyl (C=O) groups excluding carboxylic acids is 3. The number of hydrogen-bond acceptors (Lipinski definition) is 4. The van der Waals surface area contributed by atoms with Crippen molar-refractivity contribution >= 4 is 23.3 Å². The quantitative estimate of drug-likeness (QED) is 0.506. The zero-order valence-corrected chi connectivity index (χ0v) is 20.1. The van der Waals surface area contributed by atoms with Gasteiger partial charge in [-0.2, -0.15) is 13.2 Å². The minimum atomic E-state index is -4.51. The maximum Gasteiger partial charge on any atom is 0.389 e. The highest BCUT2D eigenvalue weighted by Crippen LogP contribution is 2.30. The number of fused-ring (bicyclic) bond motifs is 1. The fourth-order valence-corrected chi connectivity index (χ4v) is 4.44. The molecule has 1 heterocycles. The Morgan fingerprint density at radius 3 is 2.36 bits per heavy atom. The van der Waals surface area contributed by atoms with Crippen LogP contribution in [0.5, 0.6) is 0 Å². The van der Waals surface area contributed by atoms with E-state index >= 15 is 0 Å². The zero-order valence-electron chi connectivity index (χ0n) is 20.1. The number of halogens is 3. The number of benzene rings is 2. The highest BCUT2D eigenvalue weighted by molar-refractivity contribution is 6.16. The van der Waals surface area contributed by atoms with Gasteiger partial charge in [-0.15, -0.1) is 0 Å². The second-order valence-electron chi connectivity index (χ2n) is 8.97. The predicted octanol–water partition coefficient (Wildman–Crippen LogP) is 4.34. The number of ketones is 1. The van der Waals surface area contributed by atoms with Gasteiger partial charge in [0, 0.05) is 35.8 Å². The van der Waals surface area contributed by atoms with Gasteiger partial charge in [-0.1, -0.05) is 74.4 Å². The summed E-state index contributed by atoms with van der Waals surface area (Å²) in [6.45, 7) is 1.87. The summed E-state index contributed by atoms with van der Waals surface area (Å²) in [5.74, 6) is -4.48. The Labute approximate surface area is 208 Å². The van der Waals surface area contributed by atoms with Crippen molar-refractivity contribution in [2.75, 3.05) is 0 Å². The number of Topliss-reactive ketones (excluding diaryl/α,β-unsaturated/α-hetero) is 1. The van der Waals surface area contributed by atoms with Crippen LogP contribution in [0.1, 0.15) is 55.7 Å². The van der Waals surface area contributed by atoms with E-state index in [1.807, 2.05) is 49.4 Å². The lowest BCUT2D eigenvalue weighted by atomic mass is 9.83. The SMILES string of the molecule is CCCC[C@H](C(N)=O)[C@@H](CCC(F)(F)F)C(=O)N[C@H]1N=C(c2ccccc2)c2ccccc2CC1=O. The lowest BCUT2D eigenvalue weighted by molar-refractivity contribution is -0.146. The van der Waals surface area contributed by atoms with Crippen LogP contribution in [-0.2, 0) is 20.8 Å². The van der Waals surface area contributed by atoms with E-state index in [9.17, 15) is 27.6 Å². The molecular formula is C27H30F3N3O3. The van der Waals surface area contributed by atoms with Gasteiger partial charge in [0.1, 0.15) is 0 Å². The van der Waals surface area contributed by atoms with E-state index in [0.717, 1.165) is 16.7 Å². The first kappa shape index (κ1) is 27.1. The number of nitrogens with two attached hydrogens (primary N) is 1. The van der Waals surface area contributed by atoms with Gasteiger partial charge in [0.2, 0.25) is 11.8 Å². The minimum Gasteiger partial charge on any atom is -0.369 e. The third-order valence-corrected chi connectivity index (χ3v) is 6.32. The van der Waals surface area contributed by atoms with Gasteiger partial charge < -0.3 is 11.1 Å². The zero-order chi connectivity index (χ0) is 26.3. The van der Waals surface area contributed by atoms with E-state index in [-0.39, 0.29) is 12.8 Å². The smallest absolute Gasteiger partial charge is 0.369 e. The van der Waals surface area contributed by atoms with Crippen LogP contribution in [0.2, 0.25) is 0 Å². The van der Waals surface area contributed by atoms with Crippen molar-refractivity contribution in [2.45, 2.75) is 57.8 Å². The molecule has 3 rings (SSSR count).